The lowest BCUT2D eigenvalue weighted by Gasteiger charge is -2.33. The molecular weight excluding hydrogens is 284 g/mol. The zero-order valence-electron chi connectivity index (χ0n) is 13.2. The molecule has 2 rings (SSSR count). The number of benzene rings is 1. The molecule has 1 atom stereocenters. The third kappa shape index (κ3) is 4.21. The molecule has 6 nitrogen and oxygen atoms in total. The number of hydrogen-bond acceptors (Lipinski definition) is 4. The average molecular weight is 306 g/mol. The van der Waals surface area contributed by atoms with Gasteiger partial charge in [-0.1, -0.05) is 6.07 Å². The molecule has 1 unspecified atom stereocenters. The lowest BCUT2D eigenvalue weighted by Crippen LogP contribution is -2.50. The van der Waals surface area contributed by atoms with Gasteiger partial charge in [-0.05, 0) is 44.0 Å². The molecule has 0 spiro atoms. The van der Waals surface area contributed by atoms with Gasteiger partial charge in [-0.25, -0.2) is 4.79 Å². The Labute approximate surface area is 130 Å². The summed E-state index contributed by atoms with van der Waals surface area (Å²) in [5, 5.41) is 2.64. The van der Waals surface area contributed by atoms with Crippen molar-refractivity contribution in [2.75, 3.05) is 31.2 Å². The van der Waals surface area contributed by atoms with Crippen LogP contribution < -0.4 is 10.2 Å². The highest BCUT2D eigenvalue weighted by Gasteiger charge is 2.28. The Morgan fingerprint density at radius 2 is 2.05 bits per heavy atom. The molecule has 1 heterocycles. The summed E-state index contributed by atoms with van der Waals surface area (Å²) in [4.78, 5) is 25.1. The third-order valence-electron chi connectivity index (χ3n) is 3.40. The Bertz CT molecular complexity index is 539. The predicted octanol–water partition coefficient (Wildman–Crippen LogP) is 1.78. The summed E-state index contributed by atoms with van der Waals surface area (Å²) in [6.45, 7) is 6.81. The van der Waals surface area contributed by atoms with E-state index in [1.54, 1.807) is 11.8 Å². The molecule has 2 amide bonds. The van der Waals surface area contributed by atoms with Gasteiger partial charge in [0.1, 0.15) is 6.61 Å². The van der Waals surface area contributed by atoms with Gasteiger partial charge in [0.2, 0.25) is 0 Å². The molecule has 1 N–H and O–H groups in total. The van der Waals surface area contributed by atoms with Crippen LogP contribution in [0.4, 0.5) is 10.5 Å². The quantitative estimate of drug-likeness (QED) is 0.921. The van der Waals surface area contributed by atoms with E-state index in [2.05, 4.69) is 11.4 Å². The molecule has 0 bridgehead atoms. The molecule has 1 aromatic carbocycles. The number of anilines is 1. The summed E-state index contributed by atoms with van der Waals surface area (Å²) in [7, 11) is 0. The molecule has 1 fully saturated rings. The maximum absolute atomic E-state index is 12.1. The Morgan fingerprint density at radius 1 is 1.36 bits per heavy atom. The summed E-state index contributed by atoms with van der Waals surface area (Å²) < 4.78 is 10.3. The molecule has 22 heavy (non-hydrogen) atoms. The number of ether oxygens (including phenoxy) is 2. The molecule has 1 saturated heterocycles. The van der Waals surface area contributed by atoms with Crippen LogP contribution in [0.15, 0.2) is 18.2 Å². The van der Waals surface area contributed by atoms with Crippen LogP contribution >= 0.6 is 0 Å². The van der Waals surface area contributed by atoms with Gasteiger partial charge >= 0.3 is 6.09 Å². The first-order chi connectivity index (χ1) is 10.5. The van der Waals surface area contributed by atoms with Gasteiger partial charge in [0.25, 0.3) is 5.91 Å². The topological polar surface area (TPSA) is 67.9 Å². The van der Waals surface area contributed by atoms with E-state index in [4.69, 9.17) is 9.47 Å². The Hall–Kier alpha value is -2.08. The minimum Gasteiger partial charge on any atom is -0.450 e. The number of carbonyl (C=O) groups excluding carboxylic acids is 2. The van der Waals surface area contributed by atoms with Crippen LogP contribution in [0.2, 0.25) is 0 Å². The van der Waals surface area contributed by atoms with Crippen molar-refractivity contribution >= 4 is 17.7 Å². The second-order valence-electron chi connectivity index (χ2n) is 5.38. The number of rotatable bonds is 4. The minimum atomic E-state index is -0.471. The SMILES string of the molecule is CCOC(=O)NCC1CN(c2cc(C)cc(C)c2)C(=O)CO1. The smallest absolute Gasteiger partial charge is 0.407 e. The number of carbonyl (C=O) groups is 2. The van der Waals surface area contributed by atoms with Crippen LogP contribution in [0, 0.1) is 13.8 Å². The van der Waals surface area contributed by atoms with Crippen molar-refractivity contribution in [2.45, 2.75) is 26.9 Å². The molecule has 1 aliphatic rings. The monoisotopic (exact) mass is 306 g/mol. The fraction of sp³-hybridized carbons (Fsp3) is 0.500. The lowest BCUT2D eigenvalue weighted by molar-refractivity contribution is -0.129. The number of amides is 2. The van der Waals surface area contributed by atoms with E-state index in [1.165, 1.54) is 0 Å². The number of morpholine rings is 1. The van der Waals surface area contributed by atoms with Crippen LogP contribution in [-0.2, 0) is 14.3 Å². The highest BCUT2D eigenvalue weighted by atomic mass is 16.5. The Kier molecular flexibility index (Phi) is 5.38. The molecule has 0 radical (unpaired) electrons. The third-order valence-corrected chi connectivity index (χ3v) is 3.40. The Balaban J connectivity index is 2.02. The van der Waals surface area contributed by atoms with E-state index in [-0.39, 0.29) is 18.6 Å². The second kappa shape index (κ2) is 7.26. The van der Waals surface area contributed by atoms with Gasteiger partial charge in [-0.2, -0.15) is 0 Å². The van der Waals surface area contributed by atoms with Crippen molar-refractivity contribution < 1.29 is 19.1 Å². The van der Waals surface area contributed by atoms with Gasteiger partial charge < -0.3 is 19.7 Å². The zero-order valence-corrected chi connectivity index (χ0v) is 13.2. The number of aryl methyl sites for hydroxylation is 2. The van der Waals surface area contributed by atoms with E-state index >= 15 is 0 Å². The fourth-order valence-corrected chi connectivity index (χ4v) is 2.48. The second-order valence-corrected chi connectivity index (χ2v) is 5.38. The summed E-state index contributed by atoms with van der Waals surface area (Å²) in [5.41, 5.74) is 3.08. The number of hydrogen-bond donors (Lipinski definition) is 1. The standard InChI is InChI=1S/C16H22N2O4/c1-4-21-16(20)17-8-14-9-18(15(19)10-22-14)13-6-11(2)5-12(3)7-13/h5-7,14H,4,8-10H2,1-3H3,(H,17,20). The van der Waals surface area contributed by atoms with Crippen molar-refractivity contribution in [1.82, 2.24) is 5.32 Å². The van der Waals surface area contributed by atoms with Gasteiger partial charge in [-0.3, -0.25) is 4.79 Å². The number of alkyl carbamates (subject to hydrolysis) is 1. The highest BCUT2D eigenvalue weighted by Crippen LogP contribution is 2.21. The van der Waals surface area contributed by atoms with Gasteiger partial charge in [0.15, 0.2) is 0 Å². The summed E-state index contributed by atoms with van der Waals surface area (Å²) in [6.07, 6.45) is -0.719. The fourth-order valence-electron chi connectivity index (χ4n) is 2.48. The number of nitrogens with one attached hydrogen (secondary N) is 1. The van der Waals surface area contributed by atoms with Crippen molar-refractivity contribution in [2.24, 2.45) is 0 Å². The maximum Gasteiger partial charge on any atom is 0.407 e. The average Bonchev–Trinajstić information content (AvgIpc) is 2.45. The van der Waals surface area contributed by atoms with Gasteiger partial charge in [-0.15, -0.1) is 0 Å². The first kappa shape index (κ1) is 16.3. The molecule has 6 heteroatoms. The van der Waals surface area contributed by atoms with Crippen molar-refractivity contribution in [3.05, 3.63) is 29.3 Å². The summed E-state index contributed by atoms with van der Waals surface area (Å²) in [5.74, 6) is -0.0719. The molecule has 1 aliphatic heterocycles. The predicted molar refractivity (Wildman–Crippen MR) is 83.0 cm³/mol. The normalized spacial score (nSPS) is 18.2. The largest absolute Gasteiger partial charge is 0.450 e. The van der Waals surface area contributed by atoms with E-state index in [0.717, 1.165) is 16.8 Å². The highest BCUT2D eigenvalue weighted by molar-refractivity contribution is 5.95. The minimum absolute atomic E-state index is 0.0160. The molecule has 120 valence electrons. The van der Waals surface area contributed by atoms with Gasteiger partial charge in [0, 0.05) is 12.2 Å². The van der Waals surface area contributed by atoms with Gasteiger partial charge in [0.05, 0.1) is 19.3 Å². The molecule has 1 aromatic rings. The van der Waals surface area contributed by atoms with Crippen molar-refractivity contribution in [3.8, 4) is 0 Å². The van der Waals surface area contributed by atoms with Crippen molar-refractivity contribution in [3.63, 3.8) is 0 Å². The van der Waals surface area contributed by atoms with E-state index in [0.29, 0.717) is 19.7 Å². The van der Waals surface area contributed by atoms with Crippen LogP contribution in [0.3, 0.4) is 0 Å². The van der Waals surface area contributed by atoms with Crippen molar-refractivity contribution in [1.29, 1.82) is 0 Å². The van der Waals surface area contributed by atoms with E-state index in [9.17, 15) is 9.59 Å². The van der Waals surface area contributed by atoms with Crippen LogP contribution in [0.1, 0.15) is 18.1 Å². The van der Waals surface area contributed by atoms with E-state index in [1.807, 2.05) is 26.0 Å². The first-order valence-electron chi connectivity index (χ1n) is 7.40. The van der Waals surface area contributed by atoms with Crippen LogP contribution in [-0.4, -0.2) is 44.4 Å². The number of nitrogens with zero attached hydrogens (tertiary/aromatic N) is 1. The lowest BCUT2D eigenvalue weighted by atomic mass is 10.1. The Morgan fingerprint density at radius 3 is 2.68 bits per heavy atom. The molecule has 0 saturated carbocycles. The molecule has 0 aliphatic carbocycles. The van der Waals surface area contributed by atoms with E-state index < -0.39 is 6.09 Å². The summed E-state index contributed by atoms with van der Waals surface area (Å²) >= 11 is 0. The van der Waals surface area contributed by atoms with Crippen LogP contribution in [0.5, 0.6) is 0 Å². The zero-order chi connectivity index (χ0) is 16.1. The maximum atomic E-state index is 12.1. The molecule has 0 aromatic heterocycles. The first-order valence-corrected chi connectivity index (χ1v) is 7.40. The van der Waals surface area contributed by atoms with Crippen LogP contribution in [0.25, 0.3) is 0 Å². The molecular formula is C16H22N2O4. The summed E-state index contributed by atoms with van der Waals surface area (Å²) in [6, 6.07) is 6.02.